The third kappa shape index (κ3) is 5.23. The van der Waals surface area contributed by atoms with E-state index in [4.69, 9.17) is 4.74 Å². The van der Waals surface area contributed by atoms with Crippen LogP contribution < -0.4 is 10.1 Å². The molecule has 1 N–H and O–H groups in total. The van der Waals surface area contributed by atoms with Crippen LogP contribution in [-0.4, -0.2) is 13.2 Å². The molecule has 0 radical (unpaired) electrons. The van der Waals surface area contributed by atoms with Crippen LogP contribution in [0.2, 0.25) is 0 Å². The van der Waals surface area contributed by atoms with E-state index in [1.54, 1.807) is 7.11 Å². The van der Waals surface area contributed by atoms with Crippen LogP contribution in [0, 0.1) is 5.92 Å². The molecule has 0 fully saturated rings. The molecule has 2 heteroatoms. The Balaban J connectivity index is 2.62. The van der Waals surface area contributed by atoms with Crippen molar-refractivity contribution in [3.05, 3.63) is 29.8 Å². The predicted molar refractivity (Wildman–Crippen MR) is 82.7 cm³/mol. The van der Waals surface area contributed by atoms with Gasteiger partial charge in [0.2, 0.25) is 0 Å². The number of rotatable bonds is 8. The highest BCUT2D eigenvalue weighted by molar-refractivity contribution is 5.30. The van der Waals surface area contributed by atoms with E-state index in [2.05, 4.69) is 51.2 Å². The molecule has 0 amide bonds. The molecule has 0 saturated carbocycles. The van der Waals surface area contributed by atoms with Gasteiger partial charge in [0.1, 0.15) is 5.75 Å². The third-order valence-corrected chi connectivity index (χ3v) is 3.96. The third-order valence-electron chi connectivity index (χ3n) is 3.96. The zero-order chi connectivity index (χ0) is 14.3. The van der Waals surface area contributed by atoms with Crippen molar-refractivity contribution in [2.24, 2.45) is 5.92 Å². The van der Waals surface area contributed by atoms with Crippen LogP contribution in [0.1, 0.15) is 58.6 Å². The fourth-order valence-electron chi connectivity index (χ4n) is 2.37. The van der Waals surface area contributed by atoms with Crippen molar-refractivity contribution < 1.29 is 4.74 Å². The van der Waals surface area contributed by atoms with Crippen molar-refractivity contribution in [2.45, 2.75) is 59.0 Å². The molecule has 0 heterocycles. The van der Waals surface area contributed by atoms with Gasteiger partial charge in [-0.2, -0.15) is 0 Å². The maximum atomic E-state index is 5.29. The SMILES string of the molecule is CCC(C)CC(CC)NC(C)c1cccc(OC)c1. The molecule has 0 aliphatic heterocycles. The molecular weight excluding hydrogens is 234 g/mol. The summed E-state index contributed by atoms with van der Waals surface area (Å²) >= 11 is 0. The molecule has 108 valence electrons. The topological polar surface area (TPSA) is 21.3 Å². The molecule has 0 bridgehead atoms. The Labute approximate surface area is 118 Å². The van der Waals surface area contributed by atoms with Gasteiger partial charge in [-0.05, 0) is 43.4 Å². The van der Waals surface area contributed by atoms with E-state index in [-0.39, 0.29) is 0 Å². The van der Waals surface area contributed by atoms with Gasteiger partial charge in [-0.25, -0.2) is 0 Å². The van der Waals surface area contributed by atoms with Crippen molar-refractivity contribution in [1.29, 1.82) is 0 Å². The normalized spacial score (nSPS) is 15.8. The summed E-state index contributed by atoms with van der Waals surface area (Å²) in [6, 6.07) is 9.29. The summed E-state index contributed by atoms with van der Waals surface area (Å²) in [6.45, 7) is 9.09. The van der Waals surface area contributed by atoms with Crippen molar-refractivity contribution in [3.8, 4) is 5.75 Å². The van der Waals surface area contributed by atoms with Crippen LogP contribution in [0.5, 0.6) is 5.75 Å². The van der Waals surface area contributed by atoms with E-state index in [0.717, 1.165) is 11.7 Å². The second-order valence-corrected chi connectivity index (χ2v) is 5.52. The van der Waals surface area contributed by atoms with Gasteiger partial charge in [-0.15, -0.1) is 0 Å². The molecular formula is C17H29NO. The monoisotopic (exact) mass is 263 g/mol. The number of ether oxygens (including phenoxy) is 1. The largest absolute Gasteiger partial charge is 0.497 e. The first kappa shape index (κ1) is 16.0. The summed E-state index contributed by atoms with van der Waals surface area (Å²) in [5.74, 6) is 1.72. The Kier molecular flexibility index (Phi) is 6.93. The predicted octanol–water partition coefficient (Wildman–Crippen LogP) is 4.56. The Bertz CT molecular complexity index is 364. The fraction of sp³-hybridized carbons (Fsp3) is 0.647. The maximum Gasteiger partial charge on any atom is 0.119 e. The molecule has 1 rings (SSSR count). The zero-order valence-electron chi connectivity index (χ0n) is 13.1. The van der Waals surface area contributed by atoms with E-state index in [1.165, 1.54) is 24.8 Å². The molecule has 19 heavy (non-hydrogen) atoms. The van der Waals surface area contributed by atoms with Gasteiger partial charge >= 0.3 is 0 Å². The Morgan fingerprint density at radius 3 is 2.47 bits per heavy atom. The second kappa shape index (κ2) is 8.21. The van der Waals surface area contributed by atoms with Crippen LogP contribution in [-0.2, 0) is 0 Å². The Hall–Kier alpha value is -1.02. The zero-order valence-corrected chi connectivity index (χ0v) is 13.1. The van der Waals surface area contributed by atoms with E-state index in [1.807, 2.05) is 6.07 Å². The van der Waals surface area contributed by atoms with Crippen LogP contribution in [0.25, 0.3) is 0 Å². The van der Waals surface area contributed by atoms with Gasteiger partial charge in [0.05, 0.1) is 7.11 Å². The summed E-state index contributed by atoms with van der Waals surface area (Å²) < 4.78 is 5.29. The molecule has 0 aliphatic carbocycles. The first-order valence-corrected chi connectivity index (χ1v) is 7.50. The summed E-state index contributed by atoms with van der Waals surface area (Å²) in [7, 11) is 1.72. The van der Waals surface area contributed by atoms with Crippen LogP contribution >= 0.6 is 0 Å². The fourth-order valence-corrected chi connectivity index (χ4v) is 2.37. The highest BCUT2D eigenvalue weighted by Gasteiger charge is 2.14. The average Bonchev–Trinajstić information content (AvgIpc) is 2.46. The van der Waals surface area contributed by atoms with Gasteiger partial charge in [0.15, 0.2) is 0 Å². The minimum Gasteiger partial charge on any atom is -0.497 e. The highest BCUT2D eigenvalue weighted by Crippen LogP contribution is 2.21. The number of nitrogens with one attached hydrogen (secondary N) is 1. The summed E-state index contributed by atoms with van der Waals surface area (Å²) in [5, 5.41) is 3.74. The van der Waals surface area contributed by atoms with Gasteiger partial charge in [0.25, 0.3) is 0 Å². The van der Waals surface area contributed by atoms with E-state index < -0.39 is 0 Å². The van der Waals surface area contributed by atoms with Crippen LogP contribution in [0.3, 0.4) is 0 Å². The molecule has 1 aromatic carbocycles. The second-order valence-electron chi connectivity index (χ2n) is 5.52. The van der Waals surface area contributed by atoms with Crippen molar-refractivity contribution in [2.75, 3.05) is 7.11 Å². The number of hydrogen-bond acceptors (Lipinski definition) is 2. The maximum absolute atomic E-state index is 5.29. The van der Waals surface area contributed by atoms with Gasteiger partial charge in [-0.1, -0.05) is 39.3 Å². The van der Waals surface area contributed by atoms with Crippen molar-refractivity contribution in [1.82, 2.24) is 5.32 Å². The van der Waals surface area contributed by atoms with Gasteiger partial charge < -0.3 is 10.1 Å². The minimum absolute atomic E-state index is 0.365. The summed E-state index contributed by atoms with van der Waals surface area (Å²) in [4.78, 5) is 0. The number of benzene rings is 1. The van der Waals surface area contributed by atoms with Gasteiger partial charge in [0, 0.05) is 12.1 Å². The Morgan fingerprint density at radius 1 is 1.16 bits per heavy atom. The molecule has 1 aromatic rings. The molecule has 3 atom stereocenters. The lowest BCUT2D eigenvalue weighted by molar-refractivity contribution is 0.358. The molecule has 2 nitrogen and oxygen atoms in total. The first-order valence-electron chi connectivity index (χ1n) is 7.50. The molecule has 0 aromatic heterocycles. The van der Waals surface area contributed by atoms with Crippen LogP contribution in [0.4, 0.5) is 0 Å². The lowest BCUT2D eigenvalue weighted by Gasteiger charge is -2.25. The molecule has 0 aliphatic rings. The lowest BCUT2D eigenvalue weighted by atomic mass is 9.96. The highest BCUT2D eigenvalue weighted by atomic mass is 16.5. The van der Waals surface area contributed by atoms with Crippen molar-refractivity contribution in [3.63, 3.8) is 0 Å². The summed E-state index contributed by atoms with van der Waals surface area (Å²) in [6.07, 6.45) is 3.69. The average molecular weight is 263 g/mol. The summed E-state index contributed by atoms with van der Waals surface area (Å²) in [5.41, 5.74) is 1.29. The van der Waals surface area contributed by atoms with E-state index in [0.29, 0.717) is 12.1 Å². The van der Waals surface area contributed by atoms with E-state index >= 15 is 0 Å². The minimum atomic E-state index is 0.365. The number of hydrogen-bond donors (Lipinski definition) is 1. The lowest BCUT2D eigenvalue weighted by Crippen LogP contribution is -2.32. The molecule has 0 saturated heterocycles. The van der Waals surface area contributed by atoms with Gasteiger partial charge in [-0.3, -0.25) is 0 Å². The van der Waals surface area contributed by atoms with E-state index in [9.17, 15) is 0 Å². The molecule has 3 unspecified atom stereocenters. The van der Waals surface area contributed by atoms with Crippen LogP contribution in [0.15, 0.2) is 24.3 Å². The first-order chi connectivity index (χ1) is 9.10. The quantitative estimate of drug-likeness (QED) is 0.742. The molecule has 0 spiro atoms. The smallest absolute Gasteiger partial charge is 0.119 e. The Morgan fingerprint density at radius 2 is 1.89 bits per heavy atom. The standard InChI is InChI=1S/C17H29NO/c1-6-13(3)11-16(7-2)18-14(4)15-9-8-10-17(12-15)19-5/h8-10,12-14,16,18H,6-7,11H2,1-5H3. The van der Waals surface area contributed by atoms with Crippen molar-refractivity contribution >= 4 is 0 Å². The number of methoxy groups -OCH3 is 1.